The molecular formula is C25H31Cl2N4O3S+. The first kappa shape index (κ1) is 26.1. The second-order valence-electron chi connectivity index (χ2n) is 9.33. The highest BCUT2D eigenvalue weighted by Gasteiger charge is 2.52. The molecule has 35 heavy (non-hydrogen) atoms. The normalized spacial score (nSPS) is 21.3. The van der Waals surface area contributed by atoms with Gasteiger partial charge in [0.15, 0.2) is 0 Å². The Morgan fingerprint density at radius 3 is 2.43 bits per heavy atom. The highest BCUT2D eigenvalue weighted by atomic mass is 35.5. The molecule has 0 aliphatic carbocycles. The molecule has 0 spiro atoms. The van der Waals surface area contributed by atoms with E-state index in [1.54, 1.807) is 29.4 Å². The topological polar surface area (TPSA) is 73.0 Å². The number of hydrogen-bond donors (Lipinski definition) is 1. The van der Waals surface area contributed by atoms with E-state index in [1.807, 2.05) is 47.3 Å². The molecule has 2 aliphatic heterocycles. The molecule has 0 saturated carbocycles. The fourth-order valence-corrected chi connectivity index (χ4v) is 6.19. The first-order valence-corrected chi connectivity index (χ1v) is 14.1. The molecule has 1 fully saturated rings. The molecule has 7 nitrogen and oxygen atoms in total. The molecule has 2 amide bonds. The number of nitrogens with one attached hydrogen (secondary N) is 1. The Morgan fingerprint density at radius 2 is 1.80 bits per heavy atom. The van der Waals surface area contributed by atoms with Crippen molar-refractivity contribution in [2.75, 3.05) is 44.3 Å². The molecule has 0 bridgehead atoms. The lowest BCUT2D eigenvalue weighted by Gasteiger charge is -2.43. The molecule has 2 heterocycles. The van der Waals surface area contributed by atoms with Crippen molar-refractivity contribution >= 4 is 51.7 Å². The highest BCUT2D eigenvalue weighted by molar-refractivity contribution is 7.81. The summed E-state index contributed by atoms with van der Waals surface area (Å²) in [6, 6.07) is 12.8. The Hall–Kier alpha value is -1.97. The molecule has 2 aromatic carbocycles. The summed E-state index contributed by atoms with van der Waals surface area (Å²) in [6.07, 6.45) is 2.04. The number of anilines is 1. The van der Waals surface area contributed by atoms with E-state index < -0.39 is 16.5 Å². The Bertz CT molecular complexity index is 1150. The van der Waals surface area contributed by atoms with Crippen LogP contribution in [0.25, 0.3) is 0 Å². The van der Waals surface area contributed by atoms with Gasteiger partial charge in [-0.05, 0) is 43.7 Å². The lowest BCUT2D eigenvalue weighted by atomic mass is 9.82. The lowest BCUT2D eigenvalue weighted by molar-refractivity contribution is -0.140. The second kappa shape index (κ2) is 10.6. The van der Waals surface area contributed by atoms with Gasteiger partial charge in [-0.2, -0.15) is 0 Å². The van der Waals surface area contributed by atoms with E-state index in [0.717, 1.165) is 11.1 Å². The van der Waals surface area contributed by atoms with Crippen molar-refractivity contribution in [2.45, 2.75) is 31.8 Å². The SMILES string of the molecule is CC(C)N(CC(=O)N1CCN([SH+](C)=O)CC1)C1(Cc2cccc(Cl)c2)C(=O)Nc2cc(Cl)ccc21. The zero-order valence-corrected chi connectivity index (χ0v) is 22.5. The molecule has 1 saturated heterocycles. The quantitative estimate of drug-likeness (QED) is 0.433. The molecule has 2 unspecified atom stereocenters. The van der Waals surface area contributed by atoms with E-state index in [-0.39, 0.29) is 24.4 Å². The molecule has 2 atom stereocenters. The number of hydrogen-bond acceptors (Lipinski definition) is 4. The lowest BCUT2D eigenvalue weighted by Crippen LogP contribution is -2.59. The van der Waals surface area contributed by atoms with E-state index in [9.17, 15) is 13.8 Å². The van der Waals surface area contributed by atoms with Crippen LogP contribution in [-0.2, 0) is 36.7 Å². The number of piperazine rings is 1. The molecule has 10 heteroatoms. The van der Waals surface area contributed by atoms with Crippen LogP contribution in [0.5, 0.6) is 0 Å². The monoisotopic (exact) mass is 537 g/mol. The van der Waals surface area contributed by atoms with Crippen molar-refractivity contribution in [3.8, 4) is 0 Å². The summed E-state index contributed by atoms with van der Waals surface area (Å²) in [5.41, 5.74) is 1.24. The van der Waals surface area contributed by atoms with Crippen molar-refractivity contribution < 1.29 is 13.8 Å². The van der Waals surface area contributed by atoms with Crippen LogP contribution < -0.4 is 5.32 Å². The van der Waals surface area contributed by atoms with E-state index in [2.05, 4.69) is 5.32 Å². The fraction of sp³-hybridized carbons (Fsp3) is 0.440. The van der Waals surface area contributed by atoms with Crippen LogP contribution >= 0.6 is 23.2 Å². The average molecular weight is 539 g/mol. The van der Waals surface area contributed by atoms with Crippen LogP contribution in [0.3, 0.4) is 0 Å². The second-order valence-corrected chi connectivity index (χ2v) is 11.7. The first-order valence-electron chi connectivity index (χ1n) is 11.7. The van der Waals surface area contributed by atoms with Gasteiger partial charge in [-0.15, -0.1) is 4.31 Å². The number of rotatable bonds is 7. The predicted molar refractivity (Wildman–Crippen MR) is 142 cm³/mol. The minimum absolute atomic E-state index is 0.0506. The smallest absolute Gasteiger partial charge is 0.249 e. The van der Waals surface area contributed by atoms with Gasteiger partial charge in [0.25, 0.3) is 0 Å². The molecule has 4 rings (SSSR count). The third-order valence-corrected chi connectivity index (χ3v) is 8.49. The summed E-state index contributed by atoms with van der Waals surface area (Å²) >= 11 is 12.5. The van der Waals surface area contributed by atoms with Crippen LogP contribution in [-0.4, -0.2) is 70.9 Å². The number of carbonyl (C=O) groups excluding carboxylic acids is 2. The number of fused-ring (bicyclic) bond motifs is 1. The molecule has 0 radical (unpaired) electrons. The number of thiol groups is 1. The Balaban J connectivity index is 1.71. The summed E-state index contributed by atoms with van der Waals surface area (Å²) in [4.78, 5) is 31.1. The van der Waals surface area contributed by atoms with Gasteiger partial charge in [0, 0.05) is 46.8 Å². The molecular weight excluding hydrogens is 507 g/mol. The largest absolute Gasteiger partial charge is 0.339 e. The third kappa shape index (κ3) is 5.27. The molecule has 2 aliphatic rings. The molecule has 188 valence electrons. The Kier molecular flexibility index (Phi) is 7.88. The molecule has 2 aromatic rings. The predicted octanol–water partition coefficient (Wildman–Crippen LogP) is 3.48. The van der Waals surface area contributed by atoms with E-state index in [0.29, 0.717) is 48.3 Å². The maximum Gasteiger partial charge on any atom is 0.249 e. The number of halogens is 2. The zero-order valence-electron chi connectivity index (χ0n) is 20.1. The van der Waals surface area contributed by atoms with E-state index >= 15 is 0 Å². The molecule has 1 N–H and O–H groups in total. The Morgan fingerprint density at radius 1 is 1.11 bits per heavy atom. The number of nitrogens with zero attached hydrogens (tertiary/aromatic N) is 3. The van der Waals surface area contributed by atoms with Gasteiger partial charge in [0.2, 0.25) is 11.8 Å². The number of carbonyl (C=O) groups is 2. The van der Waals surface area contributed by atoms with Gasteiger partial charge in [-0.1, -0.05) is 45.6 Å². The standard InChI is InChI=1S/C25H30Cl2N4O3S/c1-17(2)31(16-23(32)29-9-11-30(12-10-29)35(3)34)25(15-18-5-4-6-19(26)13-18)21-8-7-20(27)14-22(21)28-24(25)33/h4-8,13-14,17H,9-12,15-16H2,1-3H3,(H,28,33)/p+1. The van der Waals surface area contributed by atoms with Gasteiger partial charge in [0.05, 0.1) is 19.6 Å². The summed E-state index contributed by atoms with van der Waals surface area (Å²) in [7, 11) is -1.41. The highest BCUT2D eigenvalue weighted by Crippen LogP contribution is 2.45. The summed E-state index contributed by atoms with van der Waals surface area (Å²) in [6.45, 7) is 6.25. The van der Waals surface area contributed by atoms with E-state index in [1.165, 1.54) is 0 Å². The number of benzene rings is 2. The summed E-state index contributed by atoms with van der Waals surface area (Å²) in [5, 5.41) is 4.13. The van der Waals surface area contributed by atoms with Gasteiger partial charge in [0.1, 0.15) is 22.8 Å². The first-order chi connectivity index (χ1) is 16.6. The van der Waals surface area contributed by atoms with Crippen molar-refractivity contribution in [2.24, 2.45) is 0 Å². The van der Waals surface area contributed by atoms with Crippen LogP contribution in [0, 0.1) is 0 Å². The number of amides is 2. The van der Waals surface area contributed by atoms with Gasteiger partial charge in [-0.3, -0.25) is 14.5 Å². The fourth-order valence-electron chi connectivity index (χ4n) is 5.06. The van der Waals surface area contributed by atoms with E-state index in [4.69, 9.17) is 23.2 Å². The van der Waals surface area contributed by atoms with Crippen LogP contribution in [0.15, 0.2) is 42.5 Å². The van der Waals surface area contributed by atoms with Crippen molar-refractivity contribution in [3.63, 3.8) is 0 Å². The zero-order chi connectivity index (χ0) is 25.3. The van der Waals surface area contributed by atoms with Gasteiger partial charge < -0.3 is 10.2 Å². The molecule has 0 aromatic heterocycles. The van der Waals surface area contributed by atoms with Gasteiger partial charge >= 0.3 is 0 Å². The van der Waals surface area contributed by atoms with Crippen molar-refractivity contribution in [3.05, 3.63) is 63.6 Å². The van der Waals surface area contributed by atoms with Crippen molar-refractivity contribution in [1.29, 1.82) is 0 Å². The summed E-state index contributed by atoms with van der Waals surface area (Å²) < 4.78 is 13.7. The van der Waals surface area contributed by atoms with Crippen LogP contribution in [0.1, 0.15) is 25.0 Å². The maximum atomic E-state index is 13.8. The van der Waals surface area contributed by atoms with Gasteiger partial charge in [-0.25, -0.2) is 0 Å². The van der Waals surface area contributed by atoms with Crippen LogP contribution in [0.2, 0.25) is 10.0 Å². The average Bonchev–Trinajstić information content (AvgIpc) is 3.07. The minimum atomic E-state index is -1.41. The summed E-state index contributed by atoms with van der Waals surface area (Å²) in [5.74, 6) is -0.241. The van der Waals surface area contributed by atoms with Crippen LogP contribution in [0.4, 0.5) is 5.69 Å². The Labute approximate surface area is 218 Å². The third-order valence-electron chi connectivity index (χ3n) is 6.83. The van der Waals surface area contributed by atoms with Crippen molar-refractivity contribution in [1.82, 2.24) is 14.1 Å². The maximum absolute atomic E-state index is 13.8. The minimum Gasteiger partial charge on any atom is -0.339 e.